The molecule has 0 saturated carbocycles. The normalized spacial score (nSPS) is 14.8. The third kappa shape index (κ3) is 2.03. The third-order valence-electron chi connectivity index (χ3n) is 3.45. The number of aliphatic hydroxyl groups is 1. The number of fused-ring (bicyclic) bond motifs is 2. The summed E-state index contributed by atoms with van der Waals surface area (Å²) in [7, 11) is 0. The zero-order valence-corrected chi connectivity index (χ0v) is 11.9. The Hall–Kier alpha value is -1.45. The van der Waals surface area contributed by atoms with Gasteiger partial charge in [-0.2, -0.15) is 0 Å². The molecule has 98 valence electrons. The van der Waals surface area contributed by atoms with Crippen LogP contribution < -0.4 is 4.90 Å². The Balaban J connectivity index is 2.20. The zero-order chi connectivity index (χ0) is 13.4. The molecule has 2 nitrogen and oxygen atoms in total. The standard InChI is InChI=1S/C16H17NOS/c1-3-17-13-8-4-5-10-15(13)19-16-12(11(2)18)7-6-9-14(16)17/h4-11,18H,3H2,1-2H3/t11-/m1/s1. The molecule has 0 aliphatic carbocycles. The minimum absolute atomic E-state index is 0.439. The number of nitrogens with zero attached hydrogens (tertiary/aromatic N) is 1. The Morgan fingerprint density at radius 2 is 1.84 bits per heavy atom. The molecule has 0 unspecified atom stereocenters. The predicted octanol–water partition coefficient (Wildman–Crippen LogP) is 4.36. The minimum Gasteiger partial charge on any atom is -0.389 e. The molecule has 3 heteroatoms. The van der Waals surface area contributed by atoms with Crippen LogP contribution in [0.2, 0.25) is 0 Å². The van der Waals surface area contributed by atoms with E-state index in [4.69, 9.17) is 0 Å². The highest BCUT2D eigenvalue weighted by Crippen LogP contribution is 2.50. The average Bonchev–Trinajstić information content (AvgIpc) is 2.43. The van der Waals surface area contributed by atoms with Gasteiger partial charge in [0.1, 0.15) is 0 Å². The molecule has 19 heavy (non-hydrogen) atoms. The first-order valence-corrected chi connectivity index (χ1v) is 7.39. The molecule has 0 aromatic heterocycles. The molecule has 2 aromatic rings. The lowest BCUT2D eigenvalue weighted by atomic mass is 10.1. The second-order valence-electron chi connectivity index (χ2n) is 4.69. The van der Waals surface area contributed by atoms with E-state index in [0.717, 1.165) is 12.1 Å². The molecular weight excluding hydrogens is 254 g/mol. The topological polar surface area (TPSA) is 23.5 Å². The first kappa shape index (κ1) is 12.6. The highest BCUT2D eigenvalue weighted by molar-refractivity contribution is 7.99. The van der Waals surface area contributed by atoms with Crippen molar-refractivity contribution in [3.05, 3.63) is 48.0 Å². The lowest BCUT2D eigenvalue weighted by Gasteiger charge is -2.33. The molecule has 1 heterocycles. The van der Waals surface area contributed by atoms with Crippen LogP contribution in [-0.4, -0.2) is 11.7 Å². The predicted molar refractivity (Wildman–Crippen MR) is 80.3 cm³/mol. The maximum Gasteiger partial charge on any atom is 0.0773 e. The van der Waals surface area contributed by atoms with Crippen molar-refractivity contribution in [1.29, 1.82) is 0 Å². The lowest BCUT2D eigenvalue weighted by molar-refractivity contribution is 0.196. The Morgan fingerprint density at radius 1 is 1.11 bits per heavy atom. The van der Waals surface area contributed by atoms with Gasteiger partial charge in [-0.3, -0.25) is 0 Å². The monoisotopic (exact) mass is 271 g/mol. The Bertz CT molecular complexity index is 609. The van der Waals surface area contributed by atoms with E-state index < -0.39 is 6.10 Å². The van der Waals surface area contributed by atoms with E-state index in [1.807, 2.05) is 19.1 Å². The first-order valence-electron chi connectivity index (χ1n) is 6.57. The van der Waals surface area contributed by atoms with E-state index in [-0.39, 0.29) is 0 Å². The number of hydrogen-bond donors (Lipinski definition) is 1. The number of rotatable bonds is 2. The fourth-order valence-corrected chi connectivity index (χ4v) is 3.83. The fourth-order valence-electron chi connectivity index (χ4n) is 2.54. The lowest BCUT2D eigenvalue weighted by Crippen LogP contribution is -2.20. The van der Waals surface area contributed by atoms with Gasteiger partial charge in [-0.25, -0.2) is 0 Å². The largest absolute Gasteiger partial charge is 0.389 e. The molecule has 1 N–H and O–H groups in total. The molecule has 3 rings (SSSR count). The van der Waals surface area contributed by atoms with Crippen molar-refractivity contribution in [3.63, 3.8) is 0 Å². The molecule has 0 radical (unpaired) electrons. The van der Waals surface area contributed by atoms with E-state index >= 15 is 0 Å². The summed E-state index contributed by atoms with van der Waals surface area (Å²) < 4.78 is 0. The maximum atomic E-state index is 9.95. The Labute approximate surface area is 118 Å². The molecular formula is C16H17NOS. The summed E-state index contributed by atoms with van der Waals surface area (Å²) in [5, 5.41) is 9.95. The van der Waals surface area contributed by atoms with Gasteiger partial charge in [0.15, 0.2) is 0 Å². The van der Waals surface area contributed by atoms with Crippen molar-refractivity contribution < 1.29 is 5.11 Å². The van der Waals surface area contributed by atoms with Crippen LogP contribution in [0, 0.1) is 0 Å². The zero-order valence-electron chi connectivity index (χ0n) is 11.1. The maximum absolute atomic E-state index is 9.95. The summed E-state index contributed by atoms with van der Waals surface area (Å²) in [4.78, 5) is 4.75. The van der Waals surface area contributed by atoms with E-state index in [2.05, 4.69) is 42.2 Å². The van der Waals surface area contributed by atoms with E-state index in [9.17, 15) is 5.11 Å². The number of aliphatic hydroxyl groups excluding tert-OH is 1. The van der Waals surface area contributed by atoms with Crippen LogP contribution in [0.5, 0.6) is 0 Å². The smallest absolute Gasteiger partial charge is 0.0773 e. The number of anilines is 2. The first-order chi connectivity index (χ1) is 9.22. The second-order valence-corrected chi connectivity index (χ2v) is 5.74. The van der Waals surface area contributed by atoms with Gasteiger partial charge in [0.05, 0.1) is 17.5 Å². The van der Waals surface area contributed by atoms with Crippen molar-refractivity contribution in [2.75, 3.05) is 11.4 Å². The molecule has 1 aliphatic heterocycles. The number of para-hydroxylation sites is 1. The van der Waals surface area contributed by atoms with E-state index in [1.165, 1.54) is 21.2 Å². The van der Waals surface area contributed by atoms with Crippen LogP contribution in [0.15, 0.2) is 52.3 Å². The van der Waals surface area contributed by atoms with Crippen LogP contribution in [-0.2, 0) is 0 Å². The molecule has 1 atom stereocenters. The second kappa shape index (κ2) is 4.91. The average molecular weight is 271 g/mol. The molecule has 1 aliphatic rings. The summed E-state index contributed by atoms with van der Waals surface area (Å²) in [6.07, 6.45) is -0.439. The van der Waals surface area contributed by atoms with Crippen LogP contribution >= 0.6 is 11.8 Å². The van der Waals surface area contributed by atoms with Gasteiger partial charge in [0.25, 0.3) is 0 Å². The van der Waals surface area contributed by atoms with Gasteiger partial charge < -0.3 is 10.0 Å². The van der Waals surface area contributed by atoms with Crippen molar-refractivity contribution in [2.24, 2.45) is 0 Å². The summed E-state index contributed by atoms with van der Waals surface area (Å²) in [6, 6.07) is 14.6. The molecule has 0 saturated heterocycles. The van der Waals surface area contributed by atoms with Gasteiger partial charge in [0.2, 0.25) is 0 Å². The quantitative estimate of drug-likeness (QED) is 0.877. The van der Waals surface area contributed by atoms with Gasteiger partial charge in [0, 0.05) is 16.3 Å². The van der Waals surface area contributed by atoms with Crippen LogP contribution in [0.25, 0.3) is 0 Å². The minimum atomic E-state index is -0.439. The highest BCUT2D eigenvalue weighted by Gasteiger charge is 2.24. The van der Waals surface area contributed by atoms with Crippen molar-refractivity contribution in [3.8, 4) is 0 Å². The van der Waals surface area contributed by atoms with E-state index in [1.54, 1.807) is 11.8 Å². The highest BCUT2D eigenvalue weighted by atomic mass is 32.2. The molecule has 0 bridgehead atoms. The SMILES string of the molecule is CCN1c2ccccc2Sc2c([C@@H](C)O)cccc21. The number of benzene rings is 2. The Morgan fingerprint density at radius 3 is 2.58 bits per heavy atom. The number of hydrogen-bond acceptors (Lipinski definition) is 3. The summed E-state index contributed by atoms with van der Waals surface area (Å²) in [5.74, 6) is 0. The van der Waals surface area contributed by atoms with Gasteiger partial charge in [-0.15, -0.1) is 0 Å². The van der Waals surface area contributed by atoms with Crippen molar-refractivity contribution in [2.45, 2.75) is 29.7 Å². The van der Waals surface area contributed by atoms with Gasteiger partial charge >= 0.3 is 0 Å². The van der Waals surface area contributed by atoms with Crippen LogP contribution in [0.3, 0.4) is 0 Å². The molecule has 2 aromatic carbocycles. The van der Waals surface area contributed by atoms with E-state index in [0.29, 0.717) is 0 Å². The van der Waals surface area contributed by atoms with Crippen molar-refractivity contribution >= 4 is 23.1 Å². The molecule has 0 spiro atoms. The summed E-state index contributed by atoms with van der Waals surface area (Å²) >= 11 is 1.75. The Kier molecular flexibility index (Phi) is 3.25. The fraction of sp³-hybridized carbons (Fsp3) is 0.250. The van der Waals surface area contributed by atoms with Crippen LogP contribution in [0.1, 0.15) is 25.5 Å². The third-order valence-corrected chi connectivity index (χ3v) is 4.66. The summed E-state index contributed by atoms with van der Waals surface area (Å²) in [6.45, 7) is 4.91. The van der Waals surface area contributed by atoms with Crippen molar-refractivity contribution in [1.82, 2.24) is 0 Å². The summed E-state index contributed by atoms with van der Waals surface area (Å²) in [5.41, 5.74) is 3.46. The molecule has 0 fully saturated rings. The van der Waals surface area contributed by atoms with Gasteiger partial charge in [-0.05, 0) is 37.6 Å². The molecule has 0 amide bonds. The van der Waals surface area contributed by atoms with Crippen LogP contribution in [0.4, 0.5) is 11.4 Å². The van der Waals surface area contributed by atoms with Gasteiger partial charge in [-0.1, -0.05) is 36.0 Å².